The molecule has 0 aliphatic carbocycles. The molecule has 0 atom stereocenters. The summed E-state index contributed by atoms with van der Waals surface area (Å²) in [6.07, 6.45) is 0. The van der Waals surface area contributed by atoms with E-state index in [0.717, 1.165) is 16.9 Å². The molecule has 0 aliphatic rings. The summed E-state index contributed by atoms with van der Waals surface area (Å²) in [4.78, 5) is 0. The molecule has 0 N–H and O–H groups in total. The second-order valence-corrected chi connectivity index (χ2v) is 2.90. The number of halogens is 2. The van der Waals surface area contributed by atoms with Crippen molar-refractivity contribution in [2.75, 3.05) is 7.11 Å². The molecule has 66 valence electrons. The molecule has 0 amide bonds. The molecular weight excluding hydrogens is 195 g/mol. The summed E-state index contributed by atoms with van der Waals surface area (Å²) in [5.41, 5.74) is 2.02. The van der Waals surface area contributed by atoms with Crippen LogP contribution in [0.2, 0.25) is 0 Å². The van der Waals surface area contributed by atoms with Gasteiger partial charge >= 0.3 is 0 Å². The largest absolute Gasteiger partial charge is 0.496 e. The number of rotatable bonds is 3. The normalized spacial score (nSPS) is 9.92. The van der Waals surface area contributed by atoms with Crippen LogP contribution >= 0.6 is 23.2 Å². The molecule has 0 saturated carbocycles. The molecule has 1 nitrogen and oxygen atoms in total. The first-order chi connectivity index (χ1) is 5.83. The third-order valence-electron chi connectivity index (χ3n) is 1.73. The minimum absolute atomic E-state index is 0.437. The minimum atomic E-state index is 0.437. The molecule has 1 aromatic carbocycles. The van der Waals surface area contributed by atoms with Gasteiger partial charge in [0.05, 0.1) is 13.0 Å². The Bertz CT molecular complexity index is 238. The van der Waals surface area contributed by atoms with E-state index in [-0.39, 0.29) is 0 Å². The topological polar surface area (TPSA) is 9.23 Å². The lowest BCUT2D eigenvalue weighted by Gasteiger charge is -2.08. The van der Waals surface area contributed by atoms with Crippen molar-refractivity contribution in [3.63, 3.8) is 0 Å². The fourth-order valence-electron chi connectivity index (χ4n) is 1.08. The van der Waals surface area contributed by atoms with Gasteiger partial charge in [0.1, 0.15) is 5.75 Å². The van der Waals surface area contributed by atoms with Crippen molar-refractivity contribution in [2.45, 2.75) is 11.8 Å². The molecule has 0 aromatic heterocycles. The molecule has 0 bridgehead atoms. The maximum absolute atomic E-state index is 5.76. The van der Waals surface area contributed by atoms with E-state index < -0.39 is 0 Å². The Kier molecular flexibility index (Phi) is 3.70. The van der Waals surface area contributed by atoms with Crippen LogP contribution in [-0.2, 0) is 11.8 Å². The average molecular weight is 205 g/mol. The van der Waals surface area contributed by atoms with E-state index in [4.69, 9.17) is 27.9 Å². The highest BCUT2D eigenvalue weighted by Crippen LogP contribution is 2.24. The van der Waals surface area contributed by atoms with E-state index in [1.54, 1.807) is 7.11 Å². The van der Waals surface area contributed by atoms with Crippen LogP contribution in [0.5, 0.6) is 5.75 Å². The molecule has 0 fully saturated rings. The molecule has 0 aliphatic heterocycles. The number of hydrogen-bond acceptors (Lipinski definition) is 1. The quantitative estimate of drug-likeness (QED) is 0.688. The summed E-state index contributed by atoms with van der Waals surface area (Å²) < 4.78 is 5.14. The zero-order valence-corrected chi connectivity index (χ0v) is 8.32. The number of alkyl halides is 2. The van der Waals surface area contributed by atoms with Crippen LogP contribution in [0, 0.1) is 0 Å². The molecule has 0 heterocycles. The average Bonchev–Trinajstić information content (AvgIpc) is 2.16. The molecule has 0 spiro atoms. The lowest BCUT2D eigenvalue weighted by molar-refractivity contribution is 0.411. The Hall–Kier alpha value is -0.400. The summed E-state index contributed by atoms with van der Waals surface area (Å²) in [6.45, 7) is 0. The van der Waals surface area contributed by atoms with Crippen LogP contribution in [0.4, 0.5) is 0 Å². The van der Waals surface area contributed by atoms with Crippen LogP contribution < -0.4 is 4.74 Å². The van der Waals surface area contributed by atoms with Gasteiger partial charge in [0, 0.05) is 11.4 Å². The van der Waals surface area contributed by atoms with Crippen molar-refractivity contribution in [2.24, 2.45) is 0 Å². The lowest BCUT2D eigenvalue weighted by Crippen LogP contribution is -1.93. The maximum atomic E-state index is 5.76. The lowest BCUT2D eigenvalue weighted by atomic mass is 10.1. The molecule has 0 saturated heterocycles. The summed E-state index contributed by atoms with van der Waals surface area (Å²) in [5.74, 6) is 1.72. The van der Waals surface area contributed by atoms with Gasteiger partial charge in [-0.1, -0.05) is 12.1 Å². The molecule has 12 heavy (non-hydrogen) atoms. The summed E-state index contributed by atoms with van der Waals surface area (Å²) in [5, 5.41) is 0. The monoisotopic (exact) mass is 204 g/mol. The Morgan fingerprint density at radius 2 is 2.00 bits per heavy atom. The van der Waals surface area contributed by atoms with E-state index in [1.165, 1.54) is 0 Å². The minimum Gasteiger partial charge on any atom is -0.496 e. The first-order valence-corrected chi connectivity index (χ1v) is 4.67. The van der Waals surface area contributed by atoms with Crippen LogP contribution in [-0.4, -0.2) is 7.11 Å². The summed E-state index contributed by atoms with van der Waals surface area (Å²) in [7, 11) is 1.63. The molecular formula is C9H10Cl2O. The van der Waals surface area contributed by atoms with Crippen LogP contribution in [0.3, 0.4) is 0 Å². The van der Waals surface area contributed by atoms with Crippen molar-refractivity contribution in [3.05, 3.63) is 29.3 Å². The van der Waals surface area contributed by atoms with Gasteiger partial charge in [0.2, 0.25) is 0 Å². The second kappa shape index (κ2) is 4.58. The highest BCUT2D eigenvalue weighted by molar-refractivity contribution is 6.18. The van der Waals surface area contributed by atoms with E-state index in [9.17, 15) is 0 Å². The van der Waals surface area contributed by atoms with Crippen LogP contribution in [0.15, 0.2) is 18.2 Å². The van der Waals surface area contributed by atoms with Gasteiger partial charge in [-0.25, -0.2) is 0 Å². The maximum Gasteiger partial charge on any atom is 0.123 e. The van der Waals surface area contributed by atoms with Crippen LogP contribution in [0.25, 0.3) is 0 Å². The fraction of sp³-hybridized carbons (Fsp3) is 0.333. The molecule has 1 rings (SSSR count). The first-order valence-electron chi connectivity index (χ1n) is 3.60. The smallest absolute Gasteiger partial charge is 0.123 e. The number of benzene rings is 1. The third-order valence-corrected chi connectivity index (χ3v) is 2.28. The highest BCUT2D eigenvalue weighted by Gasteiger charge is 2.05. The van der Waals surface area contributed by atoms with Gasteiger partial charge in [0.15, 0.2) is 0 Å². The van der Waals surface area contributed by atoms with Gasteiger partial charge in [-0.05, 0) is 11.6 Å². The van der Waals surface area contributed by atoms with E-state index in [2.05, 4.69) is 0 Å². The Balaban J connectivity index is 3.13. The predicted molar refractivity (Wildman–Crippen MR) is 52.1 cm³/mol. The van der Waals surface area contributed by atoms with Gasteiger partial charge in [-0.15, -0.1) is 23.2 Å². The molecule has 0 unspecified atom stereocenters. The second-order valence-electron chi connectivity index (χ2n) is 2.37. The van der Waals surface area contributed by atoms with Gasteiger partial charge in [0.25, 0.3) is 0 Å². The van der Waals surface area contributed by atoms with Crippen molar-refractivity contribution >= 4 is 23.2 Å². The molecule has 0 radical (unpaired) electrons. The number of methoxy groups -OCH3 is 1. The predicted octanol–water partition coefficient (Wildman–Crippen LogP) is 3.17. The van der Waals surface area contributed by atoms with Crippen molar-refractivity contribution < 1.29 is 4.74 Å². The number of ether oxygens (including phenoxy) is 1. The Morgan fingerprint density at radius 3 is 2.50 bits per heavy atom. The summed E-state index contributed by atoms with van der Waals surface area (Å²) in [6, 6.07) is 5.74. The first kappa shape index (κ1) is 9.69. The van der Waals surface area contributed by atoms with Gasteiger partial charge in [-0.3, -0.25) is 0 Å². The van der Waals surface area contributed by atoms with Gasteiger partial charge in [-0.2, -0.15) is 0 Å². The van der Waals surface area contributed by atoms with Crippen molar-refractivity contribution in [1.82, 2.24) is 0 Å². The Morgan fingerprint density at radius 1 is 1.25 bits per heavy atom. The summed E-state index contributed by atoms with van der Waals surface area (Å²) >= 11 is 11.5. The fourth-order valence-corrected chi connectivity index (χ4v) is 1.63. The third kappa shape index (κ3) is 1.85. The Labute approximate surface area is 82.2 Å². The van der Waals surface area contributed by atoms with E-state index >= 15 is 0 Å². The van der Waals surface area contributed by atoms with Crippen LogP contribution in [0.1, 0.15) is 11.1 Å². The van der Waals surface area contributed by atoms with E-state index in [0.29, 0.717) is 11.8 Å². The molecule has 1 aromatic rings. The standard InChI is InChI=1S/C9H10Cl2O/c1-12-9-4-2-3-7(5-10)8(9)6-11/h2-4H,5-6H2,1H3. The van der Waals surface area contributed by atoms with Gasteiger partial charge < -0.3 is 4.74 Å². The van der Waals surface area contributed by atoms with E-state index in [1.807, 2.05) is 18.2 Å². The SMILES string of the molecule is COc1cccc(CCl)c1CCl. The zero-order chi connectivity index (χ0) is 8.97. The van der Waals surface area contributed by atoms with Crippen molar-refractivity contribution in [3.8, 4) is 5.75 Å². The van der Waals surface area contributed by atoms with Crippen molar-refractivity contribution in [1.29, 1.82) is 0 Å². The molecule has 3 heteroatoms. The highest BCUT2D eigenvalue weighted by atomic mass is 35.5. The number of hydrogen-bond donors (Lipinski definition) is 0. The zero-order valence-electron chi connectivity index (χ0n) is 6.81.